The fraction of sp³-hybridized carbons (Fsp3) is 0.250. The quantitative estimate of drug-likeness (QED) is 0.371. The van der Waals surface area contributed by atoms with Crippen LogP contribution in [0, 0.1) is 5.82 Å². The number of Topliss-reactive ketones (excluding diaryl/α,β-unsaturated/α-hetero) is 1. The molecule has 1 spiro atoms. The van der Waals surface area contributed by atoms with Gasteiger partial charge >= 0.3 is 0 Å². The van der Waals surface area contributed by atoms with E-state index in [0.29, 0.717) is 27.5 Å². The fourth-order valence-corrected chi connectivity index (χ4v) is 6.21. The number of benzene rings is 3. The molecule has 0 unspecified atom stereocenters. The van der Waals surface area contributed by atoms with Gasteiger partial charge in [0.1, 0.15) is 11.2 Å². The monoisotopic (exact) mass is 539 g/mol. The molecular formula is C28H24Cl2FN3O3. The fourth-order valence-electron chi connectivity index (χ4n) is 5.86. The summed E-state index contributed by atoms with van der Waals surface area (Å²) in [5, 5.41) is 9.42. The minimum absolute atomic E-state index is 0.0958. The van der Waals surface area contributed by atoms with E-state index in [9.17, 15) is 14.4 Å². The highest BCUT2D eigenvalue weighted by Gasteiger charge is 2.69. The van der Waals surface area contributed by atoms with Crippen LogP contribution in [-0.4, -0.2) is 29.2 Å². The van der Waals surface area contributed by atoms with Gasteiger partial charge in [-0.2, -0.15) is 0 Å². The van der Waals surface area contributed by atoms with Gasteiger partial charge in [0.05, 0.1) is 11.1 Å². The first kappa shape index (κ1) is 25.4. The van der Waals surface area contributed by atoms with E-state index < -0.39 is 34.6 Å². The standard InChI is InChI=1S/C28H24Cl2FN3O3/c1-14(35)15-7-10-17(11-8-15)32-25(36)24-22(18-5-4-6-20(30)23(18)31)28(27(2,3)34-24)19-12-9-16(29)13-21(19)33-26(28)37/h4-13,22,24,34H,1-3H3,(H,32,36)(H,33,37)/t22-,24+,28+/m0/s1. The van der Waals surface area contributed by atoms with Crippen LogP contribution >= 0.6 is 23.2 Å². The zero-order chi connectivity index (χ0) is 26.7. The van der Waals surface area contributed by atoms with Crippen molar-refractivity contribution in [2.24, 2.45) is 0 Å². The van der Waals surface area contributed by atoms with Crippen molar-refractivity contribution in [2.45, 2.75) is 43.7 Å². The molecule has 2 heterocycles. The molecule has 0 aromatic heterocycles. The third-order valence-electron chi connectivity index (χ3n) is 7.47. The average molecular weight is 540 g/mol. The molecule has 2 aliphatic heterocycles. The molecule has 37 heavy (non-hydrogen) atoms. The number of carbonyl (C=O) groups excluding carboxylic acids is 3. The van der Waals surface area contributed by atoms with Crippen molar-refractivity contribution < 1.29 is 18.8 Å². The van der Waals surface area contributed by atoms with Crippen LogP contribution in [0.15, 0.2) is 60.7 Å². The van der Waals surface area contributed by atoms with E-state index in [0.717, 1.165) is 0 Å². The molecule has 3 aromatic carbocycles. The lowest BCUT2D eigenvalue weighted by Gasteiger charge is -2.40. The summed E-state index contributed by atoms with van der Waals surface area (Å²) < 4.78 is 15.6. The number of nitrogens with one attached hydrogen (secondary N) is 3. The van der Waals surface area contributed by atoms with Crippen LogP contribution in [0.25, 0.3) is 0 Å². The number of hydrogen-bond acceptors (Lipinski definition) is 4. The Balaban J connectivity index is 1.66. The number of halogens is 3. The zero-order valence-electron chi connectivity index (χ0n) is 20.3. The molecular weight excluding hydrogens is 516 g/mol. The molecule has 0 saturated carbocycles. The van der Waals surface area contributed by atoms with E-state index in [1.165, 1.54) is 13.0 Å². The normalized spacial score (nSPS) is 23.6. The minimum Gasteiger partial charge on any atom is -0.325 e. The predicted octanol–water partition coefficient (Wildman–Crippen LogP) is 5.70. The molecule has 0 bridgehead atoms. The van der Waals surface area contributed by atoms with Gasteiger partial charge in [-0.1, -0.05) is 41.4 Å². The van der Waals surface area contributed by atoms with Gasteiger partial charge in [-0.05, 0) is 74.4 Å². The molecule has 6 nitrogen and oxygen atoms in total. The zero-order valence-corrected chi connectivity index (χ0v) is 21.8. The smallest absolute Gasteiger partial charge is 0.242 e. The second kappa shape index (κ2) is 8.94. The number of ketones is 1. The number of carbonyl (C=O) groups is 3. The summed E-state index contributed by atoms with van der Waals surface area (Å²) in [6.07, 6.45) is 0. The van der Waals surface area contributed by atoms with E-state index in [1.54, 1.807) is 54.6 Å². The van der Waals surface area contributed by atoms with Gasteiger partial charge in [0.2, 0.25) is 11.8 Å². The summed E-state index contributed by atoms with van der Waals surface area (Å²) >= 11 is 12.4. The second-order valence-corrected chi connectivity index (χ2v) is 10.8. The largest absolute Gasteiger partial charge is 0.325 e. The third-order valence-corrected chi connectivity index (χ3v) is 8.00. The van der Waals surface area contributed by atoms with E-state index >= 15 is 4.39 Å². The summed E-state index contributed by atoms with van der Waals surface area (Å²) in [6.45, 7) is 5.10. The van der Waals surface area contributed by atoms with Gasteiger partial charge < -0.3 is 10.6 Å². The van der Waals surface area contributed by atoms with Crippen molar-refractivity contribution in [2.75, 3.05) is 10.6 Å². The van der Waals surface area contributed by atoms with Crippen molar-refractivity contribution in [1.82, 2.24) is 5.32 Å². The second-order valence-electron chi connectivity index (χ2n) is 9.94. The van der Waals surface area contributed by atoms with E-state index in [4.69, 9.17) is 23.2 Å². The molecule has 3 N–H and O–H groups in total. The number of anilines is 2. The number of hydrogen-bond donors (Lipinski definition) is 3. The maximum Gasteiger partial charge on any atom is 0.242 e. The highest BCUT2D eigenvalue weighted by molar-refractivity contribution is 6.31. The Bertz CT molecular complexity index is 1460. The molecule has 9 heteroatoms. The summed E-state index contributed by atoms with van der Waals surface area (Å²) in [7, 11) is 0. The van der Waals surface area contributed by atoms with Crippen molar-refractivity contribution in [3.8, 4) is 0 Å². The first-order valence-electron chi connectivity index (χ1n) is 11.7. The lowest BCUT2D eigenvalue weighted by molar-refractivity contribution is -0.123. The van der Waals surface area contributed by atoms with Crippen molar-refractivity contribution in [1.29, 1.82) is 0 Å². The van der Waals surface area contributed by atoms with Crippen LogP contribution in [0.4, 0.5) is 15.8 Å². The number of fused-ring (bicyclic) bond motifs is 2. The molecule has 0 radical (unpaired) electrons. The molecule has 5 rings (SSSR count). The van der Waals surface area contributed by atoms with Gasteiger partial charge in [0.25, 0.3) is 0 Å². The van der Waals surface area contributed by atoms with Crippen LogP contribution in [0.5, 0.6) is 0 Å². The molecule has 1 saturated heterocycles. The van der Waals surface area contributed by atoms with E-state index in [1.807, 2.05) is 13.8 Å². The molecule has 190 valence electrons. The van der Waals surface area contributed by atoms with Crippen molar-refractivity contribution in [3.63, 3.8) is 0 Å². The van der Waals surface area contributed by atoms with Crippen molar-refractivity contribution >= 4 is 52.2 Å². The Morgan fingerprint density at radius 1 is 1.03 bits per heavy atom. The molecule has 1 fully saturated rings. The van der Waals surface area contributed by atoms with E-state index in [-0.39, 0.29) is 22.3 Å². The maximum absolute atomic E-state index is 15.6. The van der Waals surface area contributed by atoms with Gasteiger partial charge in [0, 0.05) is 33.4 Å². The Hall–Kier alpha value is -3.26. The third kappa shape index (κ3) is 3.84. The Morgan fingerprint density at radius 2 is 1.73 bits per heavy atom. The first-order chi connectivity index (χ1) is 17.5. The lowest BCUT2D eigenvalue weighted by Crippen LogP contribution is -2.55. The minimum atomic E-state index is -1.36. The van der Waals surface area contributed by atoms with Gasteiger partial charge in [-0.15, -0.1) is 0 Å². The van der Waals surface area contributed by atoms with Crippen LogP contribution in [0.3, 0.4) is 0 Å². The highest BCUT2D eigenvalue weighted by atomic mass is 35.5. The van der Waals surface area contributed by atoms with E-state index in [2.05, 4.69) is 16.0 Å². The van der Waals surface area contributed by atoms with Crippen LogP contribution in [-0.2, 0) is 15.0 Å². The Morgan fingerprint density at radius 3 is 2.41 bits per heavy atom. The summed E-state index contributed by atoms with van der Waals surface area (Å²) in [6, 6.07) is 15.1. The lowest BCUT2D eigenvalue weighted by atomic mass is 9.60. The number of amides is 2. The van der Waals surface area contributed by atoms with Gasteiger partial charge in [-0.3, -0.25) is 19.7 Å². The molecule has 2 aliphatic rings. The molecule has 0 aliphatic carbocycles. The average Bonchev–Trinajstić information content (AvgIpc) is 3.27. The Kier molecular flexibility index (Phi) is 6.14. The molecule has 2 amide bonds. The van der Waals surface area contributed by atoms with Gasteiger partial charge in [0.15, 0.2) is 5.78 Å². The maximum atomic E-state index is 15.6. The number of rotatable bonds is 4. The molecule has 3 atom stereocenters. The van der Waals surface area contributed by atoms with Crippen LogP contribution < -0.4 is 16.0 Å². The topological polar surface area (TPSA) is 87.3 Å². The van der Waals surface area contributed by atoms with Crippen LogP contribution in [0.1, 0.15) is 48.2 Å². The summed E-state index contributed by atoms with van der Waals surface area (Å²) in [4.78, 5) is 39.3. The summed E-state index contributed by atoms with van der Waals surface area (Å²) in [5.41, 5.74) is -0.103. The Labute approximate surface area is 223 Å². The SMILES string of the molecule is CC(=O)c1ccc(NC(=O)[C@@H]2NC(C)(C)[C@@]3(C(=O)Nc4cc(Cl)ccc43)[C@H]2c2cccc(Cl)c2F)cc1. The van der Waals surface area contributed by atoms with Crippen LogP contribution in [0.2, 0.25) is 10.0 Å². The molecule has 3 aromatic rings. The first-order valence-corrected chi connectivity index (χ1v) is 12.5. The summed E-state index contributed by atoms with van der Waals surface area (Å²) in [5.74, 6) is -2.57. The predicted molar refractivity (Wildman–Crippen MR) is 142 cm³/mol. The highest BCUT2D eigenvalue weighted by Crippen LogP contribution is 2.59. The van der Waals surface area contributed by atoms with Gasteiger partial charge in [-0.25, -0.2) is 4.39 Å². The van der Waals surface area contributed by atoms with Crippen molar-refractivity contribution in [3.05, 3.63) is 93.2 Å².